The zero-order valence-electron chi connectivity index (χ0n) is 11.3. The SMILES string of the molecule is Cc1ccc(C(C)Nc2cccc(NS(N)(=O)=O)c2)s1. The standard InChI is InChI=1S/C13H17N3O2S2/c1-9-6-7-13(19-9)10(2)15-11-4-3-5-12(8-11)16-20(14,17)18/h3-8,10,15-16H,1-2H3,(H2,14,17,18). The van der Waals surface area contributed by atoms with E-state index in [4.69, 9.17) is 5.14 Å². The monoisotopic (exact) mass is 311 g/mol. The van der Waals surface area contributed by atoms with Crippen LogP contribution in [0.4, 0.5) is 11.4 Å². The molecule has 1 aromatic heterocycles. The Morgan fingerprint density at radius 1 is 1.20 bits per heavy atom. The van der Waals surface area contributed by atoms with Gasteiger partial charge in [0, 0.05) is 15.4 Å². The topological polar surface area (TPSA) is 84.2 Å². The number of nitrogens with one attached hydrogen (secondary N) is 2. The number of aryl methyl sites for hydroxylation is 1. The molecule has 7 heteroatoms. The number of anilines is 2. The smallest absolute Gasteiger partial charge is 0.296 e. The Morgan fingerprint density at radius 2 is 1.90 bits per heavy atom. The summed E-state index contributed by atoms with van der Waals surface area (Å²) in [6, 6.07) is 11.3. The number of hydrogen-bond donors (Lipinski definition) is 3. The molecule has 0 aliphatic heterocycles. The Morgan fingerprint density at radius 3 is 2.50 bits per heavy atom. The number of benzene rings is 1. The molecule has 20 heavy (non-hydrogen) atoms. The van der Waals surface area contributed by atoms with Crippen LogP contribution in [-0.4, -0.2) is 8.42 Å². The molecule has 0 aliphatic carbocycles. The first kappa shape index (κ1) is 14.8. The predicted octanol–water partition coefficient (Wildman–Crippen LogP) is 2.85. The molecule has 4 N–H and O–H groups in total. The van der Waals surface area contributed by atoms with E-state index in [1.165, 1.54) is 9.75 Å². The fourth-order valence-electron chi connectivity index (χ4n) is 1.84. The minimum Gasteiger partial charge on any atom is -0.378 e. The van der Waals surface area contributed by atoms with Gasteiger partial charge in [-0.2, -0.15) is 8.42 Å². The van der Waals surface area contributed by atoms with Crippen LogP contribution < -0.4 is 15.2 Å². The van der Waals surface area contributed by atoms with Crippen LogP contribution in [0.3, 0.4) is 0 Å². The van der Waals surface area contributed by atoms with Crippen LogP contribution >= 0.6 is 11.3 Å². The molecule has 1 atom stereocenters. The average Bonchev–Trinajstić information content (AvgIpc) is 2.74. The van der Waals surface area contributed by atoms with Crippen molar-refractivity contribution in [1.82, 2.24) is 0 Å². The molecule has 1 unspecified atom stereocenters. The maximum absolute atomic E-state index is 11.0. The highest BCUT2D eigenvalue weighted by molar-refractivity contribution is 7.90. The zero-order chi connectivity index (χ0) is 14.8. The van der Waals surface area contributed by atoms with Gasteiger partial charge < -0.3 is 5.32 Å². The molecule has 0 saturated heterocycles. The van der Waals surface area contributed by atoms with Crippen LogP contribution in [-0.2, 0) is 10.2 Å². The van der Waals surface area contributed by atoms with Crippen LogP contribution in [0.1, 0.15) is 22.7 Å². The van der Waals surface area contributed by atoms with Gasteiger partial charge >= 0.3 is 0 Å². The van der Waals surface area contributed by atoms with Crippen LogP contribution in [0.25, 0.3) is 0 Å². The fourth-order valence-corrected chi connectivity index (χ4v) is 3.18. The molecule has 0 spiro atoms. The Labute approximate surface area is 123 Å². The third kappa shape index (κ3) is 4.22. The first-order chi connectivity index (χ1) is 9.33. The van der Waals surface area contributed by atoms with E-state index in [0.717, 1.165) is 5.69 Å². The van der Waals surface area contributed by atoms with Crippen LogP contribution in [0, 0.1) is 6.92 Å². The number of hydrogen-bond acceptors (Lipinski definition) is 4. The quantitative estimate of drug-likeness (QED) is 0.794. The van der Waals surface area contributed by atoms with Gasteiger partial charge in [0.25, 0.3) is 10.2 Å². The van der Waals surface area contributed by atoms with Crippen molar-refractivity contribution >= 4 is 32.9 Å². The van der Waals surface area contributed by atoms with Crippen molar-refractivity contribution in [1.29, 1.82) is 0 Å². The summed E-state index contributed by atoms with van der Waals surface area (Å²) in [5.41, 5.74) is 1.27. The van der Waals surface area contributed by atoms with E-state index < -0.39 is 10.2 Å². The summed E-state index contributed by atoms with van der Waals surface area (Å²) in [5.74, 6) is 0. The van der Waals surface area contributed by atoms with Gasteiger partial charge in [0.2, 0.25) is 0 Å². The summed E-state index contributed by atoms with van der Waals surface area (Å²) >= 11 is 1.74. The minimum atomic E-state index is -3.75. The number of thiophene rings is 1. The zero-order valence-corrected chi connectivity index (χ0v) is 12.9. The largest absolute Gasteiger partial charge is 0.378 e. The molecule has 0 bridgehead atoms. The molecule has 1 heterocycles. The Balaban J connectivity index is 2.11. The van der Waals surface area contributed by atoms with E-state index in [9.17, 15) is 8.42 Å². The van der Waals surface area contributed by atoms with E-state index in [0.29, 0.717) is 5.69 Å². The minimum absolute atomic E-state index is 0.151. The highest BCUT2D eigenvalue weighted by Crippen LogP contribution is 2.26. The molecule has 0 fully saturated rings. The molecule has 0 amide bonds. The summed E-state index contributed by atoms with van der Waals surface area (Å²) < 4.78 is 24.3. The summed E-state index contributed by atoms with van der Waals surface area (Å²) in [7, 11) is -3.75. The van der Waals surface area contributed by atoms with Gasteiger partial charge in [-0.1, -0.05) is 6.07 Å². The molecule has 0 aliphatic rings. The molecular weight excluding hydrogens is 294 g/mol. The van der Waals surface area contributed by atoms with E-state index in [1.807, 2.05) is 6.07 Å². The van der Waals surface area contributed by atoms with Crippen LogP contribution in [0.5, 0.6) is 0 Å². The highest BCUT2D eigenvalue weighted by Gasteiger charge is 2.08. The molecule has 1 aromatic carbocycles. The van der Waals surface area contributed by atoms with Crippen molar-refractivity contribution in [3.05, 3.63) is 46.2 Å². The molecule has 2 rings (SSSR count). The number of rotatable bonds is 5. The maximum atomic E-state index is 11.0. The third-order valence-corrected chi connectivity index (χ3v) is 4.40. The molecule has 0 radical (unpaired) electrons. The van der Waals surface area contributed by atoms with Crippen molar-refractivity contribution in [3.8, 4) is 0 Å². The summed E-state index contributed by atoms with van der Waals surface area (Å²) in [5, 5.41) is 8.29. The van der Waals surface area contributed by atoms with Crippen LogP contribution in [0.15, 0.2) is 36.4 Å². The van der Waals surface area contributed by atoms with Gasteiger partial charge in [-0.05, 0) is 44.2 Å². The molecule has 5 nitrogen and oxygen atoms in total. The lowest BCUT2D eigenvalue weighted by molar-refractivity contribution is 0.603. The molecule has 108 valence electrons. The first-order valence-electron chi connectivity index (χ1n) is 6.07. The van der Waals surface area contributed by atoms with Gasteiger partial charge in [0.05, 0.1) is 11.7 Å². The Bertz CT molecular complexity index is 695. The van der Waals surface area contributed by atoms with Crippen molar-refractivity contribution in [3.63, 3.8) is 0 Å². The van der Waals surface area contributed by atoms with E-state index in [2.05, 4.69) is 36.0 Å². The van der Waals surface area contributed by atoms with E-state index in [1.54, 1.807) is 29.5 Å². The highest BCUT2D eigenvalue weighted by atomic mass is 32.2. The van der Waals surface area contributed by atoms with E-state index in [-0.39, 0.29) is 6.04 Å². The van der Waals surface area contributed by atoms with Gasteiger partial charge in [-0.3, -0.25) is 4.72 Å². The van der Waals surface area contributed by atoms with Crippen LogP contribution in [0.2, 0.25) is 0 Å². The normalized spacial score (nSPS) is 12.9. The van der Waals surface area contributed by atoms with Crippen molar-refractivity contribution in [2.24, 2.45) is 5.14 Å². The second-order valence-corrected chi connectivity index (χ2v) is 7.16. The van der Waals surface area contributed by atoms with Crippen molar-refractivity contribution < 1.29 is 8.42 Å². The first-order valence-corrected chi connectivity index (χ1v) is 8.43. The lowest BCUT2D eigenvalue weighted by atomic mass is 10.2. The lowest BCUT2D eigenvalue weighted by Gasteiger charge is -2.14. The number of nitrogens with two attached hydrogens (primary N) is 1. The maximum Gasteiger partial charge on any atom is 0.296 e. The second kappa shape index (κ2) is 5.82. The lowest BCUT2D eigenvalue weighted by Crippen LogP contribution is -2.21. The second-order valence-electron chi connectivity index (χ2n) is 4.54. The van der Waals surface area contributed by atoms with Gasteiger partial charge in [-0.15, -0.1) is 11.3 Å². The van der Waals surface area contributed by atoms with Gasteiger partial charge in [0.15, 0.2) is 0 Å². The van der Waals surface area contributed by atoms with E-state index >= 15 is 0 Å². The molecular formula is C13H17N3O2S2. The average molecular weight is 311 g/mol. The van der Waals surface area contributed by atoms with Crippen molar-refractivity contribution in [2.45, 2.75) is 19.9 Å². The predicted molar refractivity (Wildman–Crippen MR) is 84.3 cm³/mol. The third-order valence-electron chi connectivity index (χ3n) is 2.69. The Kier molecular flexibility index (Phi) is 4.32. The fraction of sp³-hybridized carbons (Fsp3) is 0.231. The van der Waals surface area contributed by atoms with Gasteiger partial charge in [0.1, 0.15) is 0 Å². The molecule has 2 aromatic rings. The van der Waals surface area contributed by atoms with Crippen molar-refractivity contribution in [2.75, 3.05) is 10.0 Å². The Hall–Kier alpha value is -1.57. The van der Waals surface area contributed by atoms with Gasteiger partial charge in [-0.25, -0.2) is 5.14 Å². The summed E-state index contributed by atoms with van der Waals surface area (Å²) in [4.78, 5) is 2.49. The summed E-state index contributed by atoms with van der Waals surface area (Å²) in [6.45, 7) is 4.13. The summed E-state index contributed by atoms with van der Waals surface area (Å²) in [6.07, 6.45) is 0. The molecule has 0 saturated carbocycles.